The summed E-state index contributed by atoms with van der Waals surface area (Å²) < 4.78 is 0. The minimum absolute atomic E-state index is 0.197. The Hall–Kier alpha value is -3.01. The summed E-state index contributed by atoms with van der Waals surface area (Å²) in [5.74, 6) is -0.920. The molecular formula is C16H24N6O4. The molecule has 0 aliphatic carbocycles. The van der Waals surface area contributed by atoms with Crippen LogP contribution < -0.4 is 22.1 Å². The van der Waals surface area contributed by atoms with E-state index in [-0.39, 0.29) is 18.3 Å². The summed E-state index contributed by atoms with van der Waals surface area (Å²) in [6.45, 7) is 1.66. The molecule has 0 aromatic heterocycles. The van der Waals surface area contributed by atoms with Crippen LogP contribution in [-0.4, -0.2) is 41.3 Å². The normalized spacial score (nSPS) is 13.5. The molecule has 0 spiro atoms. The van der Waals surface area contributed by atoms with Crippen molar-refractivity contribution in [3.8, 4) is 0 Å². The first kappa shape index (κ1) is 21.0. The lowest BCUT2D eigenvalue weighted by molar-refractivity contribution is -0.485. The second-order valence-electron chi connectivity index (χ2n) is 5.76. The Morgan fingerprint density at radius 1 is 1.31 bits per heavy atom. The number of ketones is 1. The number of hydrazone groups is 1. The van der Waals surface area contributed by atoms with Gasteiger partial charge in [0, 0.05) is 6.54 Å². The molecule has 2 atom stereocenters. The molecule has 0 unspecified atom stereocenters. The van der Waals surface area contributed by atoms with E-state index in [1.165, 1.54) is 6.92 Å². The molecule has 1 rings (SSSR count). The topological polar surface area (TPSA) is 166 Å². The van der Waals surface area contributed by atoms with Gasteiger partial charge in [-0.3, -0.25) is 9.59 Å². The number of nitrogens with one attached hydrogen (secondary N) is 2. The molecule has 142 valence electrons. The van der Waals surface area contributed by atoms with Gasteiger partial charge >= 0.3 is 0 Å². The number of amides is 1. The number of benzene rings is 1. The largest absolute Gasteiger partial charge is 0.365 e. The lowest BCUT2D eigenvalue weighted by Gasteiger charge is -2.19. The van der Waals surface area contributed by atoms with Crippen LogP contribution in [0.15, 0.2) is 35.4 Å². The van der Waals surface area contributed by atoms with Crippen molar-refractivity contribution in [3.05, 3.63) is 46.0 Å². The predicted molar refractivity (Wildman–Crippen MR) is 96.6 cm³/mol. The number of nitrogens with zero attached hydrogens (tertiary/aromatic N) is 2. The molecule has 1 aromatic carbocycles. The van der Waals surface area contributed by atoms with Crippen molar-refractivity contribution in [3.63, 3.8) is 0 Å². The smallest absolute Gasteiger partial charge is 0.266 e. The Balaban J connectivity index is 2.45. The summed E-state index contributed by atoms with van der Waals surface area (Å²) in [5, 5.41) is 17.3. The predicted octanol–water partition coefficient (Wildman–Crippen LogP) is -0.494. The number of carbonyl (C=O) groups excluding carboxylic acids is 2. The van der Waals surface area contributed by atoms with Gasteiger partial charge in [-0.15, -0.1) is 0 Å². The maximum absolute atomic E-state index is 12.2. The molecule has 10 nitrogen and oxygen atoms in total. The number of hydrogen-bond acceptors (Lipinski definition) is 5. The highest BCUT2D eigenvalue weighted by molar-refractivity contribution is 5.89. The van der Waals surface area contributed by atoms with E-state index in [0.29, 0.717) is 19.3 Å². The molecular weight excluding hydrogens is 340 g/mol. The molecule has 0 saturated heterocycles. The standard InChI is InChI=1S/C16H24N6O4/c1-11(23)14(8-5-9-19-16(18)21-22(25)26)20-15(24)13(17)10-12-6-3-2-4-7-12/h2-4,6-7,13-14H,5,8-10,17H2,1H3,(H,20,24)(H3,18,19,21)/t13-,14+/m1/s1. The van der Waals surface area contributed by atoms with Gasteiger partial charge in [-0.25, -0.2) is 10.1 Å². The first-order valence-electron chi connectivity index (χ1n) is 8.12. The van der Waals surface area contributed by atoms with Crippen LogP contribution >= 0.6 is 0 Å². The molecule has 0 bridgehead atoms. The van der Waals surface area contributed by atoms with Gasteiger partial charge in [-0.1, -0.05) is 30.3 Å². The second kappa shape index (κ2) is 10.8. The van der Waals surface area contributed by atoms with Gasteiger partial charge in [0.05, 0.1) is 12.1 Å². The first-order valence-corrected chi connectivity index (χ1v) is 8.12. The third-order valence-corrected chi connectivity index (χ3v) is 3.61. The first-order chi connectivity index (χ1) is 12.3. The highest BCUT2D eigenvalue weighted by Gasteiger charge is 2.21. The van der Waals surface area contributed by atoms with Crippen LogP contribution in [0.1, 0.15) is 25.3 Å². The van der Waals surface area contributed by atoms with Gasteiger partial charge in [-0.2, -0.15) is 0 Å². The number of Topliss-reactive ketones (excluding diaryl/α,β-unsaturated/α-hetero) is 1. The number of nitrogens with two attached hydrogens (primary N) is 2. The van der Waals surface area contributed by atoms with Gasteiger partial charge in [0.1, 0.15) is 5.10 Å². The molecule has 0 fully saturated rings. The molecule has 0 heterocycles. The summed E-state index contributed by atoms with van der Waals surface area (Å²) >= 11 is 0. The van der Waals surface area contributed by atoms with Crippen molar-refractivity contribution in [2.45, 2.75) is 38.3 Å². The fourth-order valence-electron chi connectivity index (χ4n) is 2.26. The van der Waals surface area contributed by atoms with E-state index in [1.54, 1.807) is 0 Å². The van der Waals surface area contributed by atoms with E-state index in [1.807, 2.05) is 30.3 Å². The maximum Gasteiger partial charge on any atom is 0.266 e. The van der Waals surface area contributed by atoms with Crippen molar-refractivity contribution in [1.29, 1.82) is 0 Å². The zero-order valence-corrected chi connectivity index (χ0v) is 14.6. The third-order valence-electron chi connectivity index (χ3n) is 3.61. The zero-order valence-electron chi connectivity index (χ0n) is 14.6. The Bertz CT molecular complexity index is 649. The Kier molecular flexibility index (Phi) is 8.71. The number of nitro groups is 1. The summed E-state index contributed by atoms with van der Waals surface area (Å²) in [4.78, 5) is 34.1. The summed E-state index contributed by atoms with van der Waals surface area (Å²) in [7, 11) is 0. The highest BCUT2D eigenvalue weighted by atomic mass is 16.7. The van der Waals surface area contributed by atoms with Crippen LogP contribution in [0.25, 0.3) is 0 Å². The van der Waals surface area contributed by atoms with Crippen molar-refractivity contribution in [1.82, 2.24) is 10.6 Å². The van der Waals surface area contributed by atoms with Crippen LogP contribution in [0.4, 0.5) is 0 Å². The van der Waals surface area contributed by atoms with Gasteiger partial charge in [0.25, 0.3) is 5.96 Å². The monoisotopic (exact) mass is 364 g/mol. The van der Waals surface area contributed by atoms with E-state index in [4.69, 9.17) is 11.5 Å². The molecule has 26 heavy (non-hydrogen) atoms. The lowest BCUT2D eigenvalue weighted by atomic mass is 10.0. The molecule has 0 radical (unpaired) electrons. The number of guanidine groups is 1. The number of rotatable bonds is 10. The van der Waals surface area contributed by atoms with Crippen molar-refractivity contribution >= 4 is 17.6 Å². The Morgan fingerprint density at radius 3 is 2.54 bits per heavy atom. The minimum Gasteiger partial charge on any atom is -0.365 e. The number of carbonyl (C=O) groups is 2. The second-order valence-corrected chi connectivity index (χ2v) is 5.76. The minimum atomic E-state index is -0.908. The van der Waals surface area contributed by atoms with Gasteiger partial charge in [0.2, 0.25) is 5.91 Å². The third kappa shape index (κ3) is 8.20. The quantitative estimate of drug-likeness (QED) is 0.143. The van der Waals surface area contributed by atoms with Crippen molar-refractivity contribution in [2.75, 3.05) is 6.54 Å². The van der Waals surface area contributed by atoms with Crippen molar-refractivity contribution in [2.24, 2.45) is 16.6 Å². The SMILES string of the molecule is CC(=O)[C@H](CCCN/C(N)=N\[N+](=O)[O-])NC(=O)[C@H](N)Cc1ccccc1. The average Bonchev–Trinajstić information content (AvgIpc) is 2.57. The summed E-state index contributed by atoms with van der Waals surface area (Å²) in [5.41, 5.74) is 12.1. The fraction of sp³-hybridized carbons (Fsp3) is 0.438. The number of hydrogen-bond donors (Lipinski definition) is 4. The van der Waals surface area contributed by atoms with Gasteiger partial charge in [-0.05, 0) is 31.7 Å². The molecule has 0 aliphatic heterocycles. The molecule has 0 saturated carbocycles. The van der Waals surface area contributed by atoms with E-state index in [9.17, 15) is 19.7 Å². The molecule has 0 aliphatic rings. The highest BCUT2D eigenvalue weighted by Crippen LogP contribution is 2.04. The van der Waals surface area contributed by atoms with Gasteiger partial charge in [0.15, 0.2) is 10.8 Å². The van der Waals surface area contributed by atoms with E-state index >= 15 is 0 Å². The molecule has 10 heteroatoms. The Morgan fingerprint density at radius 2 is 1.96 bits per heavy atom. The summed E-state index contributed by atoms with van der Waals surface area (Å²) in [6.07, 6.45) is 1.16. The fourth-order valence-corrected chi connectivity index (χ4v) is 2.26. The average molecular weight is 364 g/mol. The molecule has 1 aromatic rings. The summed E-state index contributed by atoms with van der Waals surface area (Å²) in [6, 6.07) is 7.90. The van der Waals surface area contributed by atoms with E-state index in [2.05, 4.69) is 15.7 Å². The lowest BCUT2D eigenvalue weighted by Crippen LogP contribution is -2.49. The molecule has 1 amide bonds. The Labute approximate surface area is 151 Å². The van der Waals surface area contributed by atoms with Crippen LogP contribution in [0, 0.1) is 10.1 Å². The molecule has 6 N–H and O–H groups in total. The van der Waals surface area contributed by atoms with Crippen LogP contribution in [-0.2, 0) is 16.0 Å². The van der Waals surface area contributed by atoms with Crippen LogP contribution in [0.2, 0.25) is 0 Å². The maximum atomic E-state index is 12.2. The van der Waals surface area contributed by atoms with Crippen LogP contribution in [0.3, 0.4) is 0 Å². The van der Waals surface area contributed by atoms with Gasteiger partial charge < -0.3 is 22.1 Å². The van der Waals surface area contributed by atoms with E-state index in [0.717, 1.165) is 5.56 Å². The van der Waals surface area contributed by atoms with E-state index < -0.39 is 23.0 Å². The van der Waals surface area contributed by atoms with Crippen LogP contribution in [0.5, 0.6) is 0 Å². The zero-order chi connectivity index (χ0) is 19.5. The van der Waals surface area contributed by atoms with Crippen molar-refractivity contribution < 1.29 is 14.6 Å².